The fourth-order valence-corrected chi connectivity index (χ4v) is 4.44. The molecular weight excluding hydrogens is 344 g/mol. The highest BCUT2D eigenvalue weighted by molar-refractivity contribution is 5.97. The quantitative estimate of drug-likeness (QED) is 0.775. The Morgan fingerprint density at radius 1 is 1.15 bits per heavy atom. The van der Waals surface area contributed by atoms with Gasteiger partial charge >= 0.3 is 5.97 Å². The van der Waals surface area contributed by atoms with Crippen molar-refractivity contribution in [2.45, 2.75) is 44.7 Å². The number of benzene rings is 1. The summed E-state index contributed by atoms with van der Waals surface area (Å²) in [5.41, 5.74) is 1.48. The second-order valence-corrected chi connectivity index (χ2v) is 7.26. The number of nitrogens with zero attached hydrogens (tertiary/aromatic N) is 4. The van der Waals surface area contributed by atoms with Crippen LogP contribution in [0.4, 0.5) is 0 Å². The maximum Gasteiger partial charge on any atom is 0.329 e. The summed E-state index contributed by atoms with van der Waals surface area (Å²) in [5, 5.41) is 4.08. The van der Waals surface area contributed by atoms with E-state index in [0.29, 0.717) is 12.2 Å². The highest BCUT2D eigenvalue weighted by Crippen LogP contribution is 2.41. The van der Waals surface area contributed by atoms with Gasteiger partial charge in [-0.05, 0) is 50.7 Å². The fourth-order valence-electron chi connectivity index (χ4n) is 4.44. The van der Waals surface area contributed by atoms with Gasteiger partial charge in [0, 0.05) is 24.2 Å². The highest BCUT2D eigenvalue weighted by atomic mass is 16.5. The lowest BCUT2D eigenvalue weighted by molar-refractivity contribution is -0.156. The number of hydrogen-bond donors (Lipinski definition) is 0. The standard InChI is InChI=1S/C20H24N4O3/c1-3-27-20(26)17-13-8-10-16(11-9-13)24(17)19(25)15-6-4-14(5-7-15)18-21-12-22-23(18)2/h4-7,12-13,16-17H,3,8-11H2,1-2H3/t13?,16?,17-/m0/s1. The number of amides is 1. The molecule has 3 aliphatic rings. The summed E-state index contributed by atoms with van der Waals surface area (Å²) in [6, 6.07) is 7.02. The average Bonchev–Trinajstić information content (AvgIpc) is 3.14. The first-order chi connectivity index (χ1) is 13.1. The molecule has 1 saturated carbocycles. The maximum absolute atomic E-state index is 13.3. The number of carbonyl (C=O) groups is 2. The molecule has 27 heavy (non-hydrogen) atoms. The molecule has 7 heteroatoms. The molecular formula is C20H24N4O3. The normalized spacial score (nSPS) is 24.1. The first kappa shape index (κ1) is 17.7. The lowest BCUT2D eigenvalue weighted by Crippen LogP contribution is -2.60. The molecule has 3 heterocycles. The van der Waals surface area contributed by atoms with Gasteiger partial charge in [-0.15, -0.1) is 0 Å². The predicted molar refractivity (Wildman–Crippen MR) is 98.8 cm³/mol. The van der Waals surface area contributed by atoms with Gasteiger partial charge in [0.15, 0.2) is 5.82 Å². The Bertz CT molecular complexity index is 837. The number of hydrogen-bond acceptors (Lipinski definition) is 5. The molecule has 3 fully saturated rings. The third-order valence-corrected chi connectivity index (χ3v) is 5.74. The molecule has 0 N–H and O–H groups in total. The minimum Gasteiger partial charge on any atom is -0.464 e. The van der Waals surface area contributed by atoms with Crippen molar-refractivity contribution in [2.75, 3.05) is 6.61 Å². The van der Waals surface area contributed by atoms with E-state index in [2.05, 4.69) is 10.1 Å². The Morgan fingerprint density at radius 3 is 2.44 bits per heavy atom. The van der Waals surface area contributed by atoms with Crippen LogP contribution in [0, 0.1) is 5.92 Å². The summed E-state index contributed by atoms with van der Waals surface area (Å²) < 4.78 is 6.97. The van der Waals surface area contributed by atoms with E-state index in [1.807, 2.05) is 19.2 Å². The lowest BCUT2D eigenvalue weighted by atomic mass is 9.74. The lowest BCUT2D eigenvalue weighted by Gasteiger charge is -2.50. The van der Waals surface area contributed by atoms with Crippen LogP contribution < -0.4 is 0 Å². The van der Waals surface area contributed by atoms with E-state index >= 15 is 0 Å². The number of esters is 1. The number of aryl methyl sites for hydroxylation is 1. The zero-order chi connectivity index (χ0) is 19.0. The first-order valence-electron chi connectivity index (χ1n) is 9.54. The molecule has 2 bridgehead atoms. The summed E-state index contributed by atoms with van der Waals surface area (Å²) in [5.74, 6) is 0.592. The fraction of sp³-hybridized carbons (Fsp3) is 0.500. The predicted octanol–water partition coefficient (Wildman–Crippen LogP) is 2.43. The number of fused-ring (bicyclic) bond motifs is 3. The van der Waals surface area contributed by atoms with Gasteiger partial charge in [0.1, 0.15) is 12.4 Å². The first-order valence-corrected chi connectivity index (χ1v) is 9.54. The van der Waals surface area contributed by atoms with Crippen LogP contribution in [0.25, 0.3) is 11.4 Å². The number of piperidine rings is 2. The molecule has 0 spiro atoms. The van der Waals surface area contributed by atoms with Gasteiger partial charge in [0.05, 0.1) is 6.61 Å². The second-order valence-electron chi connectivity index (χ2n) is 7.26. The molecule has 142 valence electrons. The topological polar surface area (TPSA) is 77.3 Å². The molecule has 0 radical (unpaired) electrons. The van der Waals surface area contributed by atoms with E-state index in [9.17, 15) is 9.59 Å². The third kappa shape index (κ3) is 3.11. The summed E-state index contributed by atoms with van der Waals surface area (Å²) >= 11 is 0. The zero-order valence-electron chi connectivity index (χ0n) is 15.7. The molecule has 1 aliphatic carbocycles. The number of rotatable bonds is 4. The van der Waals surface area contributed by atoms with Crippen molar-refractivity contribution in [3.63, 3.8) is 0 Å². The Hall–Kier alpha value is -2.70. The molecule has 2 aromatic rings. The van der Waals surface area contributed by atoms with Crippen molar-refractivity contribution in [2.24, 2.45) is 13.0 Å². The minimum absolute atomic E-state index is 0.0908. The smallest absolute Gasteiger partial charge is 0.329 e. The average molecular weight is 368 g/mol. The van der Waals surface area contributed by atoms with Gasteiger partial charge in [-0.25, -0.2) is 14.5 Å². The molecule has 2 aliphatic heterocycles. The van der Waals surface area contributed by atoms with Gasteiger partial charge < -0.3 is 9.64 Å². The van der Waals surface area contributed by atoms with Gasteiger partial charge in [0.2, 0.25) is 0 Å². The van der Waals surface area contributed by atoms with E-state index in [0.717, 1.165) is 37.1 Å². The molecule has 1 aromatic heterocycles. The molecule has 1 amide bonds. The molecule has 2 saturated heterocycles. The number of carbonyl (C=O) groups excluding carboxylic acids is 2. The number of aromatic nitrogens is 3. The summed E-state index contributed by atoms with van der Waals surface area (Å²) in [6.07, 6.45) is 5.40. The molecule has 1 aromatic carbocycles. The highest BCUT2D eigenvalue weighted by Gasteiger charge is 2.48. The molecule has 0 unspecified atom stereocenters. The van der Waals surface area contributed by atoms with Crippen LogP contribution >= 0.6 is 0 Å². The molecule has 7 nitrogen and oxygen atoms in total. The Balaban J connectivity index is 1.60. The summed E-state index contributed by atoms with van der Waals surface area (Å²) in [7, 11) is 1.83. The van der Waals surface area contributed by atoms with E-state index in [4.69, 9.17) is 4.74 Å². The minimum atomic E-state index is -0.455. The van der Waals surface area contributed by atoms with Crippen molar-refractivity contribution >= 4 is 11.9 Å². The third-order valence-electron chi connectivity index (χ3n) is 5.74. The Labute approximate surface area is 158 Å². The van der Waals surface area contributed by atoms with Crippen LogP contribution in [-0.2, 0) is 16.6 Å². The van der Waals surface area contributed by atoms with Crippen molar-refractivity contribution in [3.05, 3.63) is 36.2 Å². The monoisotopic (exact) mass is 368 g/mol. The van der Waals surface area contributed by atoms with Crippen molar-refractivity contribution in [1.29, 1.82) is 0 Å². The van der Waals surface area contributed by atoms with Gasteiger partial charge in [0.25, 0.3) is 5.91 Å². The van der Waals surface area contributed by atoms with E-state index < -0.39 is 6.04 Å². The van der Waals surface area contributed by atoms with Crippen LogP contribution in [0.15, 0.2) is 30.6 Å². The zero-order valence-corrected chi connectivity index (χ0v) is 15.7. The van der Waals surface area contributed by atoms with Gasteiger partial charge in [-0.3, -0.25) is 4.79 Å². The molecule has 5 rings (SSSR count). The van der Waals surface area contributed by atoms with Crippen LogP contribution in [0.5, 0.6) is 0 Å². The van der Waals surface area contributed by atoms with Crippen molar-refractivity contribution in [1.82, 2.24) is 19.7 Å². The molecule has 1 atom stereocenters. The van der Waals surface area contributed by atoms with Crippen LogP contribution in [0.3, 0.4) is 0 Å². The van der Waals surface area contributed by atoms with Crippen LogP contribution in [-0.4, -0.2) is 50.2 Å². The number of ether oxygens (including phenoxy) is 1. The van der Waals surface area contributed by atoms with Gasteiger partial charge in [-0.2, -0.15) is 5.10 Å². The van der Waals surface area contributed by atoms with Gasteiger partial charge in [-0.1, -0.05) is 12.1 Å². The largest absolute Gasteiger partial charge is 0.464 e. The summed E-state index contributed by atoms with van der Waals surface area (Å²) in [6.45, 7) is 2.14. The van der Waals surface area contributed by atoms with E-state index in [1.54, 1.807) is 28.6 Å². The van der Waals surface area contributed by atoms with Crippen molar-refractivity contribution < 1.29 is 14.3 Å². The maximum atomic E-state index is 13.3. The van der Waals surface area contributed by atoms with E-state index in [-0.39, 0.29) is 23.8 Å². The SMILES string of the molecule is CCOC(=O)[C@@H]1C2CCC(CC2)N1C(=O)c1ccc(-c2ncnn2C)cc1. The second kappa shape index (κ2) is 7.13. The Morgan fingerprint density at radius 2 is 1.85 bits per heavy atom. The Kier molecular flexibility index (Phi) is 4.68. The van der Waals surface area contributed by atoms with Crippen LogP contribution in [0.1, 0.15) is 43.0 Å². The summed E-state index contributed by atoms with van der Waals surface area (Å²) in [4.78, 5) is 31.8. The van der Waals surface area contributed by atoms with Crippen molar-refractivity contribution in [3.8, 4) is 11.4 Å². The van der Waals surface area contributed by atoms with Crippen LogP contribution in [0.2, 0.25) is 0 Å². The van der Waals surface area contributed by atoms with E-state index in [1.165, 1.54) is 6.33 Å².